The fourth-order valence-corrected chi connectivity index (χ4v) is 5.91. The van der Waals surface area contributed by atoms with Crippen LogP contribution in [-0.4, -0.2) is 59.2 Å². The lowest BCUT2D eigenvalue weighted by atomic mass is 9.81. The first-order chi connectivity index (χ1) is 17.5. The van der Waals surface area contributed by atoms with E-state index in [9.17, 15) is 14.4 Å². The normalized spacial score (nSPS) is 26.6. The van der Waals surface area contributed by atoms with Crippen molar-refractivity contribution in [1.29, 1.82) is 0 Å². The zero-order valence-corrected chi connectivity index (χ0v) is 20.1. The minimum Gasteiger partial charge on any atom is -0.454 e. The minimum absolute atomic E-state index is 0.0515. The van der Waals surface area contributed by atoms with Gasteiger partial charge in [0.15, 0.2) is 17.6 Å². The fraction of sp³-hybridized carbons (Fsp3) is 0.444. The number of urea groups is 1. The van der Waals surface area contributed by atoms with E-state index in [0.29, 0.717) is 17.2 Å². The molecule has 9 nitrogen and oxygen atoms in total. The summed E-state index contributed by atoms with van der Waals surface area (Å²) in [6, 6.07) is 12.0. The molecule has 4 atom stereocenters. The van der Waals surface area contributed by atoms with E-state index in [1.807, 2.05) is 37.3 Å². The lowest BCUT2D eigenvalue weighted by Crippen LogP contribution is -2.65. The minimum atomic E-state index is -0.768. The van der Waals surface area contributed by atoms with Crippen molar-refractivity contribution in [3.8, 4) is 11.5 Å². The quantitative estimate of drug-likeness (QED) is 0.688. The predicted octanol–water partition coefficient (Wildman–Crippen LogP) is 3.45. The number of para-hydroxylation sites is 1. The lowest BCUT2D eigenvalue weighted by Gasteiger charge is -2.43. The van der Waals surface area contributed by atoms with Gasteiger partial charge < -0.3 is 24.4 Å². The van der Waals surface area contributed by atoms with Crippen LogP contribution in [0.1, 0.15) is 36.8 Å². The van der Waals surface area contributed by atoms with Gasteiger partial charge in [-0.2, -0.15) is 0 Å². The molecule has 9 heteroatoms. The van der Waals surface area contributed by atoms with E-state index in [-0.39, 0.29) is 43.7 Å². The molecule has 2 saturated heterocycles. The second-order valence-corrected chi connectivity index (χ2v) is 9.92. The van der Waals surface area contributed by atoms with Crippen molar-refractivity contribution in [2.24, 2.45) is 5.92 Å². The standard InChI is InChI=1S/C27H29N3O6/c1-16-6-2-4-8-19(16)28-23(31)14-29-24-18-7-3-5-9-20(18)36-25(24)26(32)30(27(29)33)13-17-10-11-21-22(12-17)35-15-34-21/h2,4,6,8,10-12,18,20,24-25H,3,5,7,9,13-15H2,1H3,(H,28,31). The second-order valence-electron chi connectivity index (χ2n) is 9.92. The number of amides is 4. The van der Waals surface area contributed by atoms with E-state index in [1.54, 1.807) is 17.0 Å². The van der Waals surface area contributed by atoms with Gasteiger partial charge in [0.1, 0.15) is 6.54 Å². The Morgan fingerprint density at radius 2 is 1.86 bits per heavy atom. The topological polar surface area (TPSA) is 97.4 Å². The summed E-state index contributed by atoms with van der Waals surface area (Å²) in [4.78, 5) is 43.2. The highest BCUT2D eigenvalue weighted by atomic mass is 16.7. The third-order valence-corrected chi connectivity index (χ3v) is 7.68. The maximum Gasteiger partial charge on any atom is 0.327 e. The number of nitrogens with zero attached hydrogens (tertiary/aromatic N) is 2. The summed E-state index contributed by atoms with van der Waals surface area (Å²) in [5.74, 6) is 0.629. The molecule has 2 aromatic rings. The van der Waals surface area contributed by atoms with E-state index < -0.39 is 18.2 Å². The second kappa shape index (κ2) is 9.13. The average Bonchev–Trinajstić information content (AvgIpc) is 3.50. The van der Waals surface area contributed by atoms with Crippen molar-refractivity contribution >= 4 is 23.5 Å². The third-order valence-electron chi connectivity index (χ3n) is 7.68. The van der Waals surface area contributed by atoms with Crippen molar-refractivity contribution in [1.82, 2.24) is 9.80 Å². The Bertz CT molecular complexity index is 1220. The van der Waals surface area contributed by atoms with Gasteiger partial charge in [0, 0.05) is 11.6 Å². The number of hydrogen-bond acceptors (Lipinski definition) is 6. The maximum absolute atomic E-state index is 13.8. The van der Waals surface area contributed by atoms with E-state index in [1.165, 1.54) is 4.90 Å². The number of nitrogens with one attached hydrogen (secondary N) is 1. The van der Waals surface area contributed by atoms with Crippen molar-refractivity contribution in [2.45, 2.75) is 57.4 Å². The molecule has 1 N–H and O–H groups in total. The van der Waals surface area contributed by atoms with Crippen LogP contribution in [0.5, 0.6) is 11.5 Å². The molecule has 6 rings (SSSR count). The van der Waals surface area contributed by atoms with E-state index in [4.69, 9.17) is 14.2 Å². The highest BCUT2D eigenvalue weighted by Gasteiger charge is 2.57. The van der Waals surface area contributed by atoms with Gasteiger partial charge >= 0.3 is 6.03 Å². The van der Waals surface area contributed by atoms with Crippen LogP contribution in [0.15, 0.2) is 42.5 Å². The molecule has 4 amide bonds. The average molecular weight is 492 g/mol. The number of benzene rings is 2. The molecule has 0 aromatic heterocycles. The van der Waals surface area contributed by atoms with Crippen molar-refractivity contribution in [3.05, 3.63) is 53.6 Å². The predicted molar refractivity (Wildman–Crippen MR) is 129 cm³/mol. The summed E-state index contributed by atoms with van der Waals surface area (Å²) >= 11 is 0. The number of fused-ring (bicyclic) bond motifs is 4. The summed E-state index contributed by atoms with van der Waals surface area (Å²) in [7, 11) is 0. The molecule has 188 valence electrons. The lowest BCUT2D eigenvalue weighted by molar-refractivity contribution is -0.147. The number of anilines is 1. The molecular formula is C27H29N3O6. The number of rotatable bonds is 5. The molecule has 36 heavy (non-hydrogen) atoms. The number of imide groups is 1. The fourth-order valence-electron chi connectivity index (χ4n) is 5.91. The summed E-state index contributed by atoms with van der Waals surface area (Å²) in [5, 5.41) is 2.93. The first-order valence-corrected chi connectivity index (χ1v) is 12.5. The molecule has 0 bridgehead atoms. The van der Waals surface area contributed by atoms with Gasteiger partial charge in [0.25, 0.3) is 5.91 Å². The Morgan fingerprint density at radius 3 is 2.72 bits per heavy atom. The van der Waals surface area contributed by atoms with Crippen LogP contribution in [-0.2, 0) is 20.9 Å². The van der Waals surface area contributed by atoms with E-state index >= 15 is 0 Å². The zero-order chi connectivity index (χ0) is 24.8. The van der Waals surface area contributed by atoms with Crippen LogP contribution in [0, 0.1) is 12.8 Å². The van der Waals surface area contributed by atoms with Crippen molar-refractivity contribution in [3.63, 3.8) is 0 Å². The van der Waals surface area contributed by atoms with Crippen molar-refractivity contribution < 1.29 is 28.6 Å². The monoisotopic (exact) mass is 491 g/mol. The number of carbonyl (C=O) groups excluding carboxylic acids is 3. The molecule has 0 radical (unpaired) electrons. The third kappa shape index (κ3) is 3.97. The zero-order valence-electron chi connectivity index (χ0n) is 20.1. The first kappa shape index (κ1) is 22.8. The largest absolute Gasteiger partial charge is 0.454 e. The molecular weight excluding hydrogens is 462 g/mol. The molecule has 3 heterocycles. The van der Waals surface area contributed by atoms with Crippen LogP contribution in [0.2, 0.25) is 0 Å². The van der Waals surface area contributed by atoms with Gasteiger partial charge in [-0.1, -0.05) is 37.1 Å². The molecule has 3 fully saturated rings. The summed E-state index contributed by atoms with van der Waals surface area (Å²) in [6.45, 7) is 1.98. The van der Waals surface area contributed by atoms with Gasteiger partial charge in [-0.25, -0.2) is 4.79 Å². The van der Waals surface area contributed by atoms with Crippen LogP contribution in [0.3, 0.4) is 0 Å². The Kier molecular flexibility index (Phi) is 5.79. The molecule has 2 aromatic carbocycles. The Balaban J connectivity index is 1.28. The summed E-state index contributed by atoms with van der Waals surface area (Å²) < 4.78 is 17.1. The van der Waals surface area contributed by atoms with Crippen LogP contribution in [0.25, 0.3) is 0 Å². The number of carbonyl (C=O) groups is 3. The highest BCUT2D eigenvalue weighted by Crippen LogP contribution is 2.43. The number of hydrogen-bond donors (Lipinski definition) is 1. The Hall–Kier alpha value is -3.59. The van der Waals surface area contributed by atoms with E-state index in [0.717, 1.165) is 36.8 Å². The van der Waals surface area contributed by atoms with Crippen molar-refractivity contribution in [2.75, 3.05) is 18.7 Å². The highest BCUT2D eigenvalue weighted by molar-refractivity contribution is 6.02. The van der Waals surface area contributed by atoms with Crippen LogP contribution < -0.4 is 14.8 Å². The van der Waals surface area contributed by atoms with Gasteiger partial charge in [-0.15, -0.1) is 0 Å². The van der Waals surface area contributed by atoms with Gasteiger partial charge in [0.2, 0.25) is 12.7 Å². The van der Waals surface area contributed by atoms with Gasteiger partial charge in [-0.05, 0) is 49.1 Å². The Labute approximate surface area is 209 Å². The molecule has 4 aliphatic rings. The van der Waals surface area contributed by atoms with Crippen LogP contribution in [0.4, 0.5) is 10.5 Å². The maximum atomic E-state index is 13.8. The van der Waals surface area contributed by atoms with Crippen LogP contribution >= 0.6 is 0 Å². The summed E-state index contributed by atoms with van der Waals surface area (Å²) in [5.41, 5.74) is 2.37. The first-order valence-electron chi connectivity index (χ1n) is 12.5. The molecule has 4 unspecified atom stereocenters. The number of aryl methyl sites for hydroxylation is 1. The van der Waals surface area contributed by atoms with Gasteiger partial charge in [-0.3, -0.25) is 14.5 Å². The van der Waals surface area contributed by atoms with Gasteiger partial charge in [0.05, 0.1) is 18.7 Å². The SMILES string of the molecule is Cc1ccccc1NC(=O)CN1C(=O)N(Cc2ccc3c(c2)OCO3)C(=O)C2OC3CCCCC3C21. The van der Waals surface area contributed by atoms with E-state index in [2.05, 4.69) is 5.32 Å². The summed E-state index contributed by atoms with van der Waals surface area (Å²) in [6.07, 6.45) is 2.97. The molecule has 1 aliphatic carbocycles. The molecule has 3 aliphatic heterocycles. The molecule has 0 spiro atoms. The smallest absolute Gasteiger partial charge is 0.327 e. The molecule has 1 saturated carbocycles. The number of ether oxygens (including phenoxy) is 3. The Morgan fingerprint density at radius 1 is 1.06 bits per heavy atom.